The topological polar surface area (TPSA) is 79.3 Å². The van der Waals surface area contributed by atoms with E-state index in [-0.39, 0.29) is 5.91 Å². The van der Waals surface area contributed by atoms with Gasteiger partial charge in [-0.2, -0.15) is 11.8 Å². The van der Waals surface area contributed by atoms with E-state index in [1.807, 2.05) is 25.1 Å². The number of nitrogens with one attached hydrogen (secondary N) is 1. The largest absolute Gasteiger partial charge is 0.480 e. The highest BCUT2D eigenvalue weighted by Gasteiger charge is 2.18. The second-order valence-corrected chi connectivity index (χ2v) is 5.48. The molecule has 0 spiro atoms. The van der Waals surface area contributed by atoms with Crippen LogP contribution in [0.25, 0.3) is 0 Å². The molecule has 1 heterocycles. The van der Waals surface area contributed by atoms with Crippen LogP contribution in [0.15, 0.2) is 24.4 Å². The van der Waals surface area contributed by atoms with Gasteiger partial charge < -0.3 is 10.4 Å². The van der Waals surface area contributed by atoms with Crippen LogP contribution in [0.3, 0.4) is 0 Å². The molecule has 1 amide bonds. The molecule has 2 N–H and O–H groups in total. The molecule has 0 saturated heterocycles. The molecule has 1 atom stereocenters. The van der Waals surface area contributed by atoms with Crippen LogP contribution in [0.4, 0.5) is 0 Å². The number of carboxylic acids is 1. The maximum absolute atomic E-state index is 11.6. The second kappa shape index (κ2) is 9.36. The standard InChI is InChI=1S/C14H20N2O3S/c1-2-5-12(14(18)19)16-13(17)7-9-20-10-11-6-3-4-8-15-11/h3-4,6,8,12H,2,5,7,9-10H2,1H3,(H,16,17)(H,18,19). The number of rotatable bonds is 9. The summed E-state index contributed by atoms with van der Waals surface area (Å²) in [6.07, 6.45) is 3.25. The molecule has 1 unspecified atom stereocenters. The van der Waals surface area contributed by atoms with Gasteiger partial charge in [-0.1, -0.05) is 19.4 Å². The van der Waals surface area contributed by atoms with Gasteiger partial charge in [0.1, 0.15) is 6.04 Å². The van der Waals surface area contributed by atoms with E-state index in [2.05, 4.69) is 10.3 Å². The molecule has 110 valence electrons. The van der Waals surface area contributed by atoms with Gasteiger partial charge in [0.2, 0.25) is 5.91 Å². The van der Waals surface area contributed by atoms with Crippen molar-refractivity contribution in [3.05, 3.63) is 30.1 Å². The number of nitrogens with zero attached hydrogens (tertiary/aromatic N) is 1. The van der Waals surface area contributed by atoms with Gasteiger partial charge in [0.05, 0.1) is 5.69 Å². The van der Waals surface area contributed by atoms with Gasteiger partial charge in [0.15, 0.2) is 0 Å². The van der Waals surface area contributed by atoms with Gasteiger partial charge in [-0.05, 0) is 18.6 Å². The van der Waals surface area contributed by atoms with E-state index in [1.165, 1.54) is 0 Å². The molecule has 1 rings (SSSR count). The third kappa shape index (κ3) is 6.56. The van der Waals surface area contributed by atoms with Crippen LogP contribution in [-0.4, -0.2) is 33.8 Å². The molecule has 0 bridgehead atoms. The number of aliphatic carboxylic acids is 1. The molecule has 20 heavy (non-hydrogen) atoms. The van der Waals surface area contributed by atoms with Crippen LogP contribution < -0.4 is 5.32 Å². The first-order valence-electron chi connectivity index (χ1n) is 6.63. The van der Waals surface area contributed by atoms with Crippen molar-refractivity contribution in [3.8, 4) is 0 Å². The lowest BCUT2D eigenvalue weighted by molar-refractivity contribution is -0.142. The average Bonchev–Trinajstić information content (AvgIpc) is 2.44. The number of aromatic nitrogens is 1. The molecule has 5 nitrogen and oxygen atoms in total. The number of carbonyl (C=O) groups is 2. The third-order valence-electron chi connectivity index (χ3n) is 2.66. The van der Waals surface area contributed by atoms with Gasteiger partial charge in [-0.25, -0.2) is 4.79 Å². The van der Waals surface area contributed by atoms with Gasteiger partial charge in [0.25, 0.3) is 0 Å². The van der Waals surface area contributed by atoms with Gasteiger partial charge in [-0.3, -0.25) is 9.78 Å². The first kappa shape index (κ1) is 16.5. The van der Waals surface area contributed by atoms with E-state index < -0.39 is 12.0 Å². The highest BCUT2D eigenvalue weighted by atomic mass is 32.2. The number of carboxylic acid groups (broad SMARTS) is 1. The number of thioether (sulfide) groups is 1. The Morgan fingerprint density at radius 2 is 2.25 bits per heavy atom. The summed E-state index contributed by atoms with van der Waals surface area (Å²) in [4.78, 5) is 26.7. The first-order chi connectivity index (χ1) is 9.63. The number of hydrogen-bond donors (Lipinski definition) is 2. The summed E-state index contributed by atoms with van der Waals surface area (Å²) < 4.78 is 0. The fourth-order valence-electron chi connectivity index (χ4n) is 1.64. The monoisotopic (exact) mass is 296 g/mol. The number of hydrogen-bond acceptors (Lipinski definition) is 4. The Hall–Kier alpha value is -1.56. The van der Waals surface area contributed by atoms with E-state index >= 15 is 0 Å². The second-order valence-electron chi connectivity index (χ2n) is 4.37. The van der Waals surface area contributed by atoms with E-state index in [9.17, 15) is 9.59 Å². The third-order valence-corrected chi connectivity index (χ3v) is 3.65. The van der Waals surface area contributed by atoms with E-state index in [0.717, 1.165) is 17.9 Å². The van der Waals surface area contributed by atoms with Crippen LogP contribution in [0.5, 0.6) is 0 Å². The summed E-state index contributed by atoms with van der Waals surface area (Å²) >= 11 is 1.61. The predicted molar refractivity (Wildman–Crippen MR) is 79.5 cm³/mol. The Labute approximate surface area is 123 Å². The van der Waals surface area contributed by atoms with Crippen molar-refractivity contribution < 1.29 is 14.7 Å². The zero-order valence-corrected chi connectivity index (χ0v) is 12.4. The summed E-state index contributed by atoms with van der Waals surface area (Å²) in [5, 5.41) is 11.5. The van der Waals surface area contributed by atoms with Gasteiger partial charge in [-0.15, -0.1) is 0 Å². The smallest absolute Gasteiger partial charge is 0.326 e. The van der Waals surface area contributed by atoms with Crippen molar-refractivity contribution in [1.29, 1.82) is 0 Å². The Morgan fingerprint density at radius 1 is 1.45 bits per heavy atom. The van der Waals surface area contributed by atoms with E-state index in [0.29, 0.717) is 18.6 Å². The summed E-state index contributed by atoms with van der Waals surface area (Å²) in [5.41, 5.74) is 0.979. The zero-order valence-electron chi connectivity index (χ0n) is 11.5. The molecule has 1 aromatic rings. The fourth-order valence-corrected chi connectivity index (χ4v) is 2.49. The van der Waals surface area contributed by atoms with E-state index in [4.69, 9.17) is 5.11 Å². The lowest BCUT2D eigenvalue weighted by Crippen LogP contribution is -2.40. The minimum atomic E-state index is -0.971. The minimum absolute atomic E-state index is 0.209. The van der Waals surface area contributed by atoms with Crippen LogP contribution >= 0.6 is 11.8 Å². The van der Waals surface area contributed by atoms with Crippen molar-refractivity contribution in [1.82, 2.24) is 10.3 Å². The van der Waals surface area contributed by atoms with E-state index in [1.54, 1.807) is 18.0 Å². The maximum Gasteiger partial charge on any atom is 0.326 e. The molecule has 1 aromatic heterocycles. The summed E-state index contributed by atoms with van der Waals surface area (Å²) in [6.45, 7) is 1.89. The van der Waals surface area contributed by atoms with Gasteiger partial charge in [0, 0.05) is 24.1 Å². The molecule has 0 fully saturated rings. The van der Waals surface area contributed by atoms with Crippen molar-refractivity contribution in [2.75, 3.05) is 5.75 Å². The Kier molecular flexibility index (Phi) is 7.72. The molecule has 0 saturated carbocycles. The van der Waals surface area contributed by atoms with Gasteiger partial charge >= 0.3 is 5.97 Å². The Balaban J connectivity index is 2.21. The SMILES string of the molecule is CCCC(NC(=O)CCSCc1ccccn1)C(=O)O. The van der Waals surface area contributed by atoms with Crippen molar-refractivity contribution >= 4 is 23.6 Å². The van der Waals surface area contributed by atoms with Crippen LogP contribution in [-0.2, 0) is 15.3 Å². The van der Waals surface area contributed by atoms with Crippen LogP contribution in [0, 0.1) is 0 Å². The Morgan fingerprint density at radius 3 is 2.85 bits per heavy atom. The lowest BCUT2D eigenvalue weighted by atomic mass is 10.1. The van der Waals surface area contributed by atoms with Crippen LogP contribution in [0.2, 0.25) is 0 Å². The normalized spacial score (nSPS) is 11.8. The van der Waals surface area contributed by atoms with Crippen molar-refractivity contribution in [2.45, 2.75) is 38.0 Å². The maximum atomic E-state index is 11.6. The Bertz CT molecular complexity index is 426. The zero-order chi connectivity index (χ0) is 14.8. The quantitative estimate of drug-likeness (QED) is 0.682. The number of pyridine rings is 1. The molecule has 0 aliphatic heterocycles. The molecule has 0 aliphatic carbocycles. The summed E-state index contributed by atoms with van der Waals surface area (Å²) in [5.74, 6) is 0.229. The first-order valence-corrected chi connectivity index (χ1v) is 7.78. The summed E-state index contributed by atoms with van der Waals surface area (Å²) in [7, 11) is 0. The molecule has 0 radical (unpaired) electrons. The van der Waals surface area contributed by atoms with Crippen molar-refractivity contribution in [2.24, 2.45) is 0 Å². The van der Waals surface area contributed by atoms with Crippen molar-refractivity contribution in [3.63, 3.8) is 0 Å². The predicted octanol–water partition coefficient (Wildman–Crippen LogP) is 2.07. The molecule has 0 aliphatic rings. The fraction of sp³-hybridized carbons (Fsp3) is 0.500. The molecule has 0 aromatic carbocycles. The minimum Gasteiger partial charge on any atom is -0.480 e. The molecular weight excluding hydrogens is 276 g/mol. The lowest BCUT2D eigenvalue weighted by Gasteiger charge is -2.13. The number of carbonyl (C=O) groups excluding carboxylic acids is 1. The summed E-state index contributed by atoms with van der Waals surface area (Å²) in [6, 6.07) is 4.96. The number of amides is 1. The highest BCUT2D eigenvalue weighted by molar-refractivity contribution is 7.98. The average molecular weight is 296 g/mol. The highest BCUT2D eigenvalue weighted by Crippen LogP contribution is 2.10. The molecule has 6 heteroatoms. The molecular formula is C14H20N2O3S. The van der Waals surface area contributed by atoms with Crippen LogP contribution in [0.1, 0.15) is 31.9 Å².